The highest BCUT2D eigenvalue weighted by Gasteiger charge is 2.09. The second-order valence-electron chi connectivity index (χ2n) is 3.75. The van der Waals surface area contributed by atoms with Gasteiger partial charge in [0, 0.05) is 11.8 Å². The molecule has 1 aromatic carbocycles. The van der Waals surface area contributed by atoms with Crippen molar-refractivity contribution in [1.29, 1.82) is 5.26 Å². The van der Waals surface area contributed by atoms with Gasteiger partial charge in [0.1, 0.15) is 5.82 Å². The van der Waals surface area contributed by atoms with Crippen molar-refractivity contribution in [3.63, 3.8) is 0 Å². The highest BCUT2D eigenvalue weighted by molar-refractivity contribution is 5.69. The molecule has 0 unspecified atom stereocenters. The predicted octanol–water partition coefficient (Wildman–Crippen LogP) is 2.96. The second kappa shape index (κ2) is 5.28. The standard InChI is InChI=1S/C14H11FN2O/c1-18-14-13(7-10(5-6-16)9-17-14)11-3-2-4-12(15)8-11/h2-4,7-9H,5H2,1H3. The summed E-state index contributed by atoms with van der Waals surface area (Å²) in [6.07, 6.45) is 1.85. The quantitative estimate of drug-likeness (QED) is 0.831. The number of pyridine rings is 1. The maximum atomic E-state index is 13.2. The normalized spacial score (nSPS) is 9.83. The average molecular weight is 242 g/mol. The molecule has 2 aromatic rings. The summed E-state index contributed by atoms with van der Waals surface area (Å²) < 4.78 is 18.4. The Kier molecular flexibility index (Phi) is 3.54. The summed E-state index contributed by atoms with van der Waals surface area (Å²) in [5, 5.41) is 8.68. The summed E-state index contributed by atoms with van der Waals surface area (Å²) in [4.78, 5) is 4.13. The number of aromatic nitrogens is 1. The highest BCUT2D eigenvalue weighted by Crippen LogP contribution is 2.29. The van der Waals surface area contributed by atoms with E-state index in [-0.39, 0.29) is 12.2 Å². The van der Waals surface area contributed by atoms with Crippen LogP contribution in [0.5, 0.6) is 5.88 Å². The molecule has 0 aliphatic heterocycles. The largest absolute Gasteiger partial charge is 0.481 e. The van der Waals surface area contributed by atoms with Gasteiger partial charge in [-0.05, 0) is 29.3 Å². The van der Waals surface area contributed by atoms with Crippen LogP contribution in [0.25, 0.3) is 11.1 Å². The lowest BCUT2D eigenvalue weighted by Crippen LogP contribution is -1.94. The molecule has 0 saturated heterocycles. The molecular weight excluding hydrogens is 231 g/mol. The first kappa shape index (κ1) is 12.1. The van der Waals surface area contributed by atoms with E-state index in [0.29, 0.717) is 17.0 Å². The molecule has 0 saturated carbocycles. The first-order valence-electron chi connectivity index (χ1n) is 5.40. The Morgan fingerprint density at radius 1 is 1.39 bits per heavy atom. The summed E-state index contributed by atoms with van der Waals surface area (Å²) in [5.74, 6) is 0.0996. The van der Waals surface area contributed by atoms with E-state index < -0.39 is 0 Å². The van der Waals surface area contributed by atoms with Crippen LogP contribution in [-0.4, -0.2) is 12.1 Å². The van der Waals surface area contributed by atoms with Gasteiger partial charge in [-0.15, -0.1) is 0 Å². The van der Waals surface area contributed by atoms with Crippen molar-refractivity contribution in [3.8, 4) is 23.1 Å². The molecule has 0 bridgehead atoms. The third-order valence-corrected chi connectivity index (χ3v) is 2.52. The van der Waals surface area contributed by atoms with Gasteiger partial charge >= 0.3 is 0 Å². The molecule has 0 amide bonds. The molecule has 1 aromatic heterocycles. The SMILES string of the molecule is COc1ncc(CC#N)cc1-c1cccc(F)c1. The molecular formula is C14H11FN2O. The van der Waals surface area contributed by atoms with Crippen molar-refractivity contribution in [1.82, 2.24) is 4.98 Å². The van der Waals surface area contributed by atoms with Crippen LogP contribution in [0.15, 0.2) is 36.5 Å². The zero-order valence-corrected chi connectivity index (χ0v) is 9.85. The Bertz CT molecular complexity index is 605. The fourth-order valence-electron chi connectivity index (χ4n) is 1.71. The molecule has 1 heterocycles. The van der Waals surface area contributed by atoms with E-state index in [1.165, 1.54) is 19.2 Å². The fraction of sp³-hybridized carbons (Fsp3) is 0.143. The summed E-state index contributed by atoms with van der Waals surface area (Å²) in [6.45, 7) is 0. The third kappa shape index (κ3) is 2.46. The van der Waals surface area contributed by atoms with E-state index in [9.17, 15) is 4.39 Å². The maximum Gasteiger partial charge on any atom is 0.221 e. The van der Waals surface area contributed by atoms with E-state index in [2.05, 4.69) is 11.1 Å². The number of nitrogens with zero attached hydrogens (tertiary/aromatic N) is 2. The molecule has 0 atom stereocenters. The van der Waals surface area contributed by atoms with E-state index in [4.69, 9.17) is 10.00 Å². The smallest absolute Gasteiger partial charge is 0.221 e. The van der Waals surface area contributed by atoms with Crippen LogP contribution in [0.1, 0.15) is 5.56 Å². The van der Waals surface area contributed by atoms with Crippen molar-refractivity contribution in [2.75, 3.05) is 7.11 Å². The van der Waals surface area contributed by atoms with Crippen LogP contribution in [0.2, 0.25) is 0 Å². The second-order valence-corrected chi connectivity index (χ2v) is 3.75. The number of rotatable bonds is 3. The molecule has 18 heavy (non-hydrogen) atoms. The van der Waals surface area contributed by atoms with Crippen LogP contribution in [0.4, 0.5) is 4.39 Å². The number of nitriles is 1. The number of benzene rings is 1. The van der Waals surface area contributed by atoms with Crippen molar-refractivity contribution >= 4 is 0 Å². The van der Waals surface area contributed by atoms with Gasteiger partial charge in [0.25, 0.3) is 0 Å². The molecule has 0 radical (unpaired) electrons. The Morgan fingerprint density at radius 3 is 2.89 bits per heavy atom. The lowest BCUT2D eigenvalue weighted by atomic mass is 10.0. The molecule has 0 aliphatic carbocycles. The Balaban J connectivity index is 2.53. The molecule has 3 nitrogen and oxygen atoms in total. The summed E-state index contributed by atoms with van der Waals surface area (Å²) in [7, 11) is 1.51. The Labute approximate surface area is 104 Å². The van der Waals surface area contributed by atoms with Crippen molar-refractivity contribution < 1.29 is 9.13 Å². The van der Waals surface area contributed by atoms with Crippen molar-refractivity contribution in [2.45, 2.75) is 6.42 Å². The van der Waals surface area contributed by atoms with Crippen LogP contribution in [0.3, 0.4) is 0 Å². The van der Waals surface area contributed by atoms with Gasteiger partial charge in [-0.1, -0.05) is 12.1 Å². The molecule has 4 heteroatoms. The van der Waals surface area contributed by atoms with Gasteiger partial charge < -0.3 is 4.74 Å². The van der Waals surface area contributed by atoms with E-state index in [0.717, 1.165) is 5.56 Å². The van der Waals surface area contributed by atoms with Gasteiger partial charge in [0.2, 0.25) is 5.88 Å². The number of methoxy groups -OCH3 is 1. The minimum Gasteiger partial charge on any atom is -0.481 e. The fourth-order valence-corrected chi connectivity index (χ4v) is 1.71. The number of hydrogen-bond donors (Lipinski definition) is 0. The number of ether oxygens (including phenoxy) is 1. The lowest BCUT2D eigenvalue weighted by molar-refractivity contribution is 0.399. The number of hydrogen-bond acceptors (Lipinski definition) is 3. The molecule has 2 rings (SSSR count). The van der Waals surface area contributed by atoms with E-state index in [1.807, 2.05) is 0 Å². The molecule has 0 fully saturated rings. The topological polar surface area (TPSA) is 45.9 Å². The summed E-state index contributed by atoms with van der Waals surface area (Å²) in [5.41, 5.74) is 2.14. The van der Waals surface area contributed by atoms with Crippen LogP contribution in [-0.2, 0) is 6.42 Å². The average Bonchev–Trinajstić information content (AvgIpc) is 2.39. The first-order chi connectivity index (χ1) is 8.74. The third-order valence-electron chi connectivity index (χ3n) is 2.52. The maximum absolute atomic E-state index is 13.2. The Hall–Kier alpha value is -2.41. The highest BCUT2D eigenvalue weighted by atomic mass is 19.1. The monoisotopic (exact) mass is 242 g/mol. The summed E-state index contributed by atoms with van der Waals surface area (Å²) in [6, 6.07) is 10.0. The minimum atomic E-state index is -0.319. The predicted molar refractivity (Wildman–Crippen MR) is 65.5 cm³/mol. The Morgan fingerprint density at radius 2 is 2.22 bits per heavy atom. The molecule has 90 valence electrons. The zero-order valence-electron chi connectivity index (χ0n) is 9.85. The van der Waals surface area contributed by atoms with Gasteiger partial charge in [-0.25, -0.2) is 9.37 Å². The van der Waals surface area contributed by atoms with Crippen LogP contribution in [0, 0.1) is 17.1 Å². The first-order valence-corrected chi connectivity index (χ1v) is 5.40. The minimum absolute atomic E-state index is 0.263. The lowest BCUT2D eigenvalue weighted by Gasteiger charge is -2.08. The molecule has 0 N–H and O–H groups in total. The van der Waals surface area contributed by atoms with Crippen LogP contribution >= 0.6 is 0 Å². The van der Waals surface area contributed by atoms with E-state index in [1.54, 1.807) is 24.4 Å². The van der Waals surface area contributed by atoms with Crippen LogP contribution < -0.4 is 4.74 Å². The zero-order chi connectivity index (χ0) is 13.0. The summed E-state index contributed by atoms with van der Waals surface area (Å²) >= 11 is 0. The van der Waals surface area contributed by atoms with Crippen molar-refractivity contribution in [2.24, 2.45) is 0 Å². The van der Waals surface area contributed by atoms with Gasteiger partial charge in [0.15, 0.2) is 0 Å². The van der Waals surface area contributed by atoms with E-state index >= 15 is 0 Å². The molecule has 0 aliphatic rings. The van der Waals surface area contributed by atoms with Gasteiger partial charge in [0.05, 0.1) is 19.6 Å². The van der Waals surface area contributed by atoms with Crippen molar-refractivity contribution in [3.05, 3.63) is 47.9 Å². The van der Waals surface area contributed by atoms with Gasteiger partial charge in [-0.2, -0.15) is 5.26 Å². The molecule has 0 spiro atoms. The van der Waals surface area contributed by atoms with Gasteiger partial charge in [-0.3, -0.25) is 0 Å². The number of halogens is 1.